The van der Waals surface area contributed by atoms with E-state index in [0.717, 1.165) is 6.08 Å². The third-order valence-corrected chi connectivity index (χ3v) is 1.76. The SMILES string of the molecule is Nc1ccc(/C=C/C(=O)O)c(Cl)c1. The van der Waals surface area contributed by atoms with E-state index >= 15 is 0 Å². The van der Waals surface area contributed by atoms with Crippen LogP contribution >= 0.6 is 11.6 Å². The molecule has 1 aromatic carbocycles. The van der Waals surface area contributed by atoms with Gasteiger partial charge >= 0.3 is 5.97 Å². The molecule has 1 aromatic rings. The predicted octanol–water partition coefficient (Wildman–Crippen LogP) is 2.02. The van der Waals surface area contributed by atoms with Crippen molar-refractivity contribution in [1.29, 1.82) is 0 Å². The highest BCUT2D eigenvalue weighted by Gasteiger charge is 1.97. The molecule has 0 aliphatic heterocycles. The van der Waals surface area contributed by atoms with E-state index in [2.05, 4.69) is 0 Å². The van der Waals surface area contributed by atoms with Crippen molar-refractivity contribution in [2.45, 2.75) is 0 Å². The number of anilines is 1. The van der Waals surface area contributed by atoms with Gasteiger partial charge < -0.3 is 10.8 Å². The van der Waals surface area contributed by atoms with E-state index in [4.69, 9.17) is 22.4 Å². The van der Waals surface area contributed by atoms with Crippen LogP contribution in [0.4, 0.5) is 5.69 Å². The molecule has 0 heterocycles. The zero-order valence-corrected chi connectivity index (χ0v) is 7.45. The number of halogens is 1. The molecule has 0 bridgehead atoms. The average Bonchev–Trinajstić information content (AvgIpc) is 2.02. The number of rotatable bonds is 2. The first-order valence-corrected chi connectivity index (χ1v) is 3.93. The van der Waals surface area contributed by atoms with Gasteiger partial charge in [-0.3, -0.25) is 0 Å². The summed E-state index contributed by atoms with van der Waals surface area (Å²) < 4.78 is 0. The minimum Gasteiger partial charge on any atom is -0.478 e. The van der Waals surface area contributed by atoms with Gasteiger partial charge in [-0.2, -0.15) is 0 Å². The fraction of sp³-hybridized carbons (Fsp3) is 0. The standard InChI is InChI=1S/C9H8ClNO2/c10-8-5-7(11)3-1-6(8)2-4-9(12)13/h1-5H,11H2,(H,12,13)/b4-2+. The maximum Gasteiger partial charge on any atom is 0.328 e. The monoisotopic (exact) mass is 197 g/mol. The maximum atomic E-state index is 10.2. The molecule has 0 saturated carbocycles. The first-order chi connectivity index (χ1) is 6.09. The Morgan fingerprint density at radius 3 is 2.77 bits per heavy atom. The van der Waals surface area contributed by atoms with Crippen LogP contribution in [0.15, 0.2) is 24.3 Å². The average molecular weight is 198 g/mol. The third-order valence-electron chi connectivity index (χ3n) is 1.43. The van der Waals surface area contributed by atoms with Crippen LogP contribution < -0.4 is 5.73 Å². The van der Waals surface area contributed by atoms with Crippen LogP contribution in [0.5, 0.6) is 0 Å². The van der Waals surface area contributed by atoms with Crippen molar-refractivity contribution in [1.82, 2.24) is 0 Å². The minimum atomic E-state index is -1.01. The fourth-order valence-electron chi connectivity index (χ4n) is 0.840. The summed E-state index contributed by atoms with van der Waals surface area (Å²) in [5.41, 5.74) is 6.65. The van der Waals surface area contributed by atoms with Crippen molar-refractivity contribution >= 4 is 29.3 Å². The first kappa shape index (κ1) is 9.61. The number of benzene rings is 1. The van der Waals surface area contributed by atoms with E-state index in [1.807, 2.05) is 0 Å². The van der Waals surface area contributed by atoms with Gasteiger partial charge in [0.15, 0.2) is 0 Å². The highest BCUT2D eigenvalue weighted by atomic mass is 35.5. The normalized spacial score (nSPS) is 10.5. The molecule has 4 heteroatoms. The van der Waals surface area contributed by atoms with Gasteiger partial charge in [0.25, 0.3) is 0 Å². The Kier molecular flexibility index (Phi) is 2.93. The summed E-state index contributed by atoms with van der Waals surface area (Å²) in [6.07, 6.45) is 2.45. The molecule has 0 aliphatic rings. The molecule has 13 heavy (non-hydrogen) atoms. The third kappa shape index (κ3) is 2.80. The lowest BCUT2D eigenvalue weighted by molar-refractivity contribution is -0.131. The van der Waals surface area contributed by atoms with Gasteiger partial charge in [0.2, 0.25) is 0 Å². The maximum absolute atomic E-state index is 10.2. The van der Waals surface area contributed by atoms with Crippen LogP contribution in [0, 0.1) is 0 Å². The minimum absolute atomic E-state index is 0.442. The van der Waals surface area contributed by atoms with Crippen LogP contribution in [-0.2, 0) is 4.79 Å². The zero-order valence-electron chi connectivity index (χ0n) is 6.70. The number of hydrogen-bond donors (Lipinski definition) is 2. The van der Waals surface area contributed by atoms with Gasteiger partial charge in [-0.25, -0.2) is 4.79 Å². The molecule has 0 spiro atoms. The number of carbonyl (C=O) groups is 1. The van der Waals surface area contributed by atoms with Crippen molar-refractivity contribution in [3.63, 3.8) is 0 Å². The van der Waals surface area contributed by atoms with Crippen molar-refractivity contribution in [2.75, 3.05) is 5.73 Å². The van der Waals surface area contributed by atoms with Crippen LogP contribution in [0.2, 0.25) is 5.02 Å². The molecular formula is C9H8ClNO2. The molecule has 68 valence electrons. The zero-order chi connectivity index (χ0) is 9.84. The Morgan fingerprint density at radius 2 is 2.23 bits per heavy atom. The highest BCUT2D eigenvalue weighted by molar-refractivity contribution is 6.32. The van der Waals surface area contributed by atoms with Crippen LogP contribution in [0.1, 0.15) is 5.56 Å². The number of carboxylic acids is 1. The summed E-state index contributed by atoms with van der Waals surface area (Å²) in [6.45, 7) is 0. The molecule has 3 N–H and O–H groups in total. The van der Waals surface area contributed by atoms with Gasteiger partial charge in [-0.05, 0) is 23.8 Å². The van der Waals surface area contributed by atoms with Crippen molar-refractivity contribution < 1.29 is 9.90 Å². The molecule has 0 radical (unpaired) electrons. The van der Waals surface area contributed by atoms with Crippen molar-refractivity contribution in [3.8, 4) is 0 Å². The second-order valence-electron chi connectivity index (χ2n) is 2.45. The lowest BCUT2D eigenvalue weighted by Crippen LogP contribution is -1.87. The largest absolute Gasteiger partial charge is 0.478 e. The van der Waals surface area contributed by atoms with Crippen LogP contribution in [0.3, 0.4) is 0 Å². The summed E-state index contributed by atoms with van der Waals surface area (Å²) in [5, 5.41) is 8.81. The van der Waals surface area contributed by atoms with Gasteiger partial charge in [0.1, 0.15) is 0 Å². The Balaban J connectivity index is 2.96. The summed E-state index contributed by atoms with van der Waals surface area (Å²) in [7, 11) is 0. The molecule has 0 fully saturated rings. The molecule has 0 aliphatic carbocycles. The number of aliphatic carboxylic acids is 1. The second kappa shape index (κ2) is 3.96. The van der Waals surface area contributed by atoms with Crippen LogP contribution in [0.25, 0.3) is 6.08 Å². The first-order valence-electron chi connectivity index (χ1n) is 3.55. The molecule has 0 amide bonds. The van der Waals surface area contributed by atoms with E-state index in [1.54, 1.807) is 18.2 Å². The fourth-order valence-corrected chi connectivity index (χ4v) is 1.09. The molecule has 0 aromatic heterocycles. The van der Waals surface area contributed by atoms with E-state index in [0.29, 0.717) is 16.3 Å². The Labute approximate surface area is 80.4 Å². The quantitative estimate of drug-likeness (QED) is 0.563. The number of hydrogen-bond acceptors (Lipinski definition) is 2. The number of nitrogen functional groups attached to an aromatic ring is 1. The number of nitrogens with two attached hydrogens (primary N) is 1. The summed E-state index contributed by atoms with van der Waals surface area (Å²) >= 11 is 5.79. The van der Waals surface area contributed by atoms with E-state index in [9.17, 15) is 4.79 Å². The molecule has 1 rings (SSSR count). The van der Waals surface area contributed by atoms with Gasteiger partial charge in [0, 0.05) is 16.8 Å². The molecule has 0 unspecified atom stereocenters. The molecule has 0 saturated heterocycles. The van der Waals surface area contributed by atoms with E-state index < -0.39 is 5.97 Å². The Bertz CT molecular complexity index is 361. The number of carboxylic acid groups (broad SMARTS) is 1. The van der Waals surface area contributed by atoms with Crippen molar-refractivity contribution in [2.24, 2.45) is 0 Å². The molecule has 3 nitrogen and oxygen atoms in total. The van der Waals surface area contributed by atoms with E-state index in [-0.39, 0.29) is 0 Å². The van der Waals surface area contributed by atoms with Gasteiger partial charge in [-0.1, -0.05) is 17.7 Å². The van der Waals surface area contributed by atoms with E-state index in [1.165, 1.54) is 6.08 Å². The topological polar surface area (TPSA) is 63.3 Å². The lowest BCUT2D eigenvalue weighted by atomic mass is 10.2. The van der Waals surface area contributed by atoms with Gasteiger partial charge in [0.05, 0.1) is 0 Å². The smallest absolute Gasteiger partial charge is 0.328 e. The predicted molar refractivity (Wildman–Crippen MR) is 52.5 cm³/mol. The van der Waals surface area contributed by atoms with Crippen molar-refractivity contribution in [3.05, 3.63) is 34.9 Å². The summed E-state index contributed by atoms with van der Waals surface area (Å²) in [5.74, 6) is -1.01. The lowest BCUT2D eigenvalue weighted by Gasteiger charge is -1.98. The molecule has 0 atom stereocenters. The Morgan fingerprint density at radius 1 is 1.54 bits per heavy atom. The second-order valence-corrected chi connectivity index (χ2v) is 2.86. The van der Waals surface area contributed by atoms with Crippen LogP contribution in [-0.4, -0.2) is 11.1 Å². The van der Waals surface area contributed by atoms with Gasteiger partial charge in [-0.15, -0.1) is 0 Å². The highest BCUT2D eigenvalue weighted by Crippen LogP contribution is 2.20. The Hall–Kier alpha value is -1.48. The molecular weight excluding hydrogens is 190 g/mol. The summed E-state index contributed by atoms with van der Waals surface area (Å²) in [6, 6.07) is 4.90. The summed E-state index contributed by atoms with van der Waals surface area (Å²) in [4.78, 5) is 10.2.